The quantitative estimate of drug-likeness (QED) is 0.483. The summed E-state index contributed by atoms with van der Waals surface area (Å²) in [4.78, 5) is 17.2. The van der Waals surface area contributed by atoms with Gasteiger partial charge in [0.05, 0.1) is 18.7 Å². The summed E-state index contributed by atoms with van der Waals surface area (Å²) in [7, 11) is 1.37. The van der Waals surface area contributed by atoms with Gasteiger partial charge in [-0.25, -0.2) is 4.79 Å². The summed E-state index contributed by atoms with van der Waals surface area (Å²) in [6.45, 7) is 2.01. The maximum Gasteiger partial charge on any atom is 0.340 e. The lowest BCUT2D eigenvalue weighted by Gasteiger charge is -2.17. The van der Waals surface area contributed by atoms with Gasteiger partial charge in [-0.05, 0) is 48.5 Å². The third-order valence-corrected chi connectivity index (χ3v) is 5.30. The Morgan fingerprint density at radius 2 is 1.89 bits per heavy atom. The molecule has 1 unspecified atom stereocenters. The van der Waals surface area contributed by atoms with Crippen LogP contribution in [0.2, 0.25) is 0 Å². The standard InChI is InChI=1S/C20H19N3O2S2/c1-13(14-8-10-21-11-9-14)22-20(26)23-18-16(19(24)25-2)12-17(27-18)15-6-4-3-5-7-15/h3-13H,1-2H3,(H2,22,23,26). The van der Waals surface area contributed by atoms with E-state index in [4.69, 9.17) is 17.0 Å². The molecule has 0 saturated carbocycles. The van der Waals surface area contributed by atoms with Gasteiger partial charge in [0, 0.05) is 17.3 Å². The number of methoxy groups -OCH3 is 1. The third kappa shape index (κ3) is 4.69. The van der Waals surface area contributed by atoms with Crippen LogP contribution in [0.3, 0.4) is 0 Å². The van der Waals surface area contributed by atoms with Gasteiger partial charge in [-0.2, -0.15) is 0 Å². The number of anilines is 1. The first-order valence-corrected chi connectivity index (χ1v) is 9.56. The fourth-order valence-electron chi connectivity index (χ4n) is 2.56. The zero-order valence-electron chi connectivity index (χ0n) is 14.9. The van der Waals surface area contributed by atoms with Gasteiger partial charge < -0.3 is 15.4 Å². The molecule has 2 heterocycles. The molecule has 0 aliphatic carbocycles. The molecule has 7 heteroatoms. The molecule has 0 amide bonds. The van der Waals surface area contributed by atoms with E-state index in [-0.39, 0.29) is 6.04 Å². The lowest BCUT2D eigenvalue weighted by Crippen LogP contribution is -2.31. The Morgan fingerprint density at radius 3 is 2.56 bits per heavy atom. The van der Waals surface area contributed by atoms with Gasteiger partial charge in [-0.1, -0.05) is 30.3 Å². The molecule has 0 bridgehead atoms. The zero-order valence-corrected chi connectivity index (χ0v) is 16.6. The van der Waals surface area contributed by atoms with E-state index in [0.29, 0.717) is 15.7 Å². The van der Waals surface area contributed by atoms with Crippen LogP contribution in [0.25, 0.3) is 10.4 Å². The first kappa shape index (κ1) is 19.0. The number of carbonyl (C=O) groups excluding carboxylic acids is 1. The fourth-order valence-corrected chi connectivity index (χ4v) is 3.96. The number of benzene rings is 1. The number of rotatable bonds is 5. The number of esters is 1. The van der Waals surface area contributed by atoms with Gasteiger partial charge in [-0.15, -0.1) is 11.3 Å². The average molecular weight is 398 g/mol. The number of nitrogens with one attached hydrogen (secondary N) is 2. The second-order valence-electron chi connectivity index (χ2n) is 5.81. The van der Waals surface area contributed by atoms with E-state index >= 15 is 0 Å². The summed E-state index contributed by atoms with van der Waals surface area (Å²) in [5.74, 6) is -0.402. The summed E-state index contributed by atoms with van der Waals surface area (Å²) < 4.78 is 4.92. The van der Waals surface area contributed by atoms with E-state index in [9.17, 15) is 4.79 Å². The third-order valence-electron chi connectivity index (χ3n) is 3.98. The molecule has 0 fully saturated rings. The van der Waals surface area contributed by atoms with Crippen molar-refractivity contribution < 1.29 is 9.53 Å². The fraction of sp³-hybridized carbons (Fsp3) is 0.150. The minimum Gasteiger partial charge on any atom is -0.465 e. The van der Waals surface area contributed by atoms with Gasteiger partial charge in [0.15, 0.2) is 5.11 Å². The number of hydrogen-bond acceptors (Lipinski definition) is 5. The van der Waals surface area contributed by atoms with Crippen LogP contribution >= 0.6 is 23.6 Å². The summed E-state index contributed by atoms with van der Waals surface area (Å²) in [6, 6.07) is 15.6. The maximum absolute atomic E-state index is 12.2. The lowest BCUT2D eigenvalue weighted by atomic mass is 10.1. The van der Waals surface area contributed by atoms with Crippen molar-refractivity contribution in [3.63, 3.8) is 0 Å². The van der Waals surface area contributed by atoms with Crippen LogP contribution in [0.1, 0.15) is 28.9 Å². The minimum absolute atomic E-state index is 0.00290. The molecule has 2 N–H and O–H groups in total. The number of pyridine rings is 1. The SMILES string of the molecule is COC(=O)c1cc(-c2ccccc2)sc1NC(=S)NC(C)c1ccncc1. The normalized spacial score (nSPS) is 11.5. The summed E-state index contributed by atoms with van der Waals surface area (Å²) in [5, 5.41) is 7.45. The molecule has 2 aromatic heterocycles. The van der Waals surface area contributed by atoms with Crippen molar-refractivity contribution >= 4 is 39.6 Å². The van der Waals surface area contributed by atoms with E-state index in [0.717, 1.165) is 16.0 Å². The predicted molar refractivity (Wildman–Crippen MR) is 113 cm³/mol. The van der Waals surface area contributed by atoms with E-state index < -0.39 is 5.97 Å². The van der Waals surface area contributed by atoms with Crippen molar-refractivity contribution in [2.45, 2.75) is 13.0 Å². The summed E-state index contributed by atoms with van der Waals surface area (Å²) in [6.07, 6.45) is 3.48. The van der Waals surface area contributed by atoms with E-state index in [1.807, 2.05) is 55.5 Å². The highest BCUT2D eigenvalue weighted by Crippen LogP contribution is 2.35. The van der Waals surface area contributed by atoms with Gasteiger partial charge in [0.25, 0.3) is 0 Å². The van der Waals surface area contributed by atoms with Gasteiger partial charge in [0.1, 0.15) is 5.00 Å². The minimum atomic E-state index is -0.402. The van der Waals surface area contributed by atoms with E-state index in [1.54, 1.807) is 12.4 Å². The van der Waals surface area contributed by atoms with Crippen LogP contribution < -0.4 is 10.6 Å². The highest BCUT2D eigenvalue weighted by atomic mass is 32.1. The average Bonchev–Trinajstić information content (AvgIpc) is 3.12. The van der Waals surface area contributed by atoms with Crippen molar-refractivity contribution in [2.75, 3.05) is 12.4 Å². The topological polar surface area (TPSA) is 63.2 Å². The molecular formula is C20H19N3O2S2. The molecule has 0 spiro atoms. The van der Waals surface area contributed by atoms with Crippen LogP contribution in [0, 0.1) is 0 Å². The van der Waals surface area contributed by atoms with E-state index in [1.165, 1.54) is 18.4 Å². The number of hydrogen-bond donors (Lipinski definition) is 2. The van der Waals surface area contributed by atoms with Crippen molar-refractivity contribution in [2.24, 2.45) is 0 Å². The number of nitrogens with zero attached hydrogens (tertiary/aromatic N) is 1. The predicted octanol–water partition coefficient (Wildman–Crippen LogP) is 4.64. The summed E-state index contributed by atoms with van der Waals surface area (Å²) in [5.41, 5.74) is 2.56. The first-order valence-electron chi connectivity index (χ1n) is 8.33. The lowest BCUT2D eigenvalue weighted by molar-refractivity contribution is 0.0602. The van der Waals surface area contributed by atoms with Crippen molar-refractivity contribution in [1.82, 2.24) is 10.3 Å². The number of aromatic nitrogens is 1. The number of ether oxygens (including phenoxy) is 1. The van der Waals surface area contributed by atoms with Crippen LogP contribution in [-0.2, 0) is 4.74 Å². The van der Waals surface area contributed by atoms with Crippen molar-refractivity contribution in [1.29, 1.82) is 0 Å². The Hall–Kier alpha value is -2.77. The molecular weight excluding hydrogens is 378 g/mol. The Morgan fingerprint density at radius 1 is 1.19 bits per heavy atom. The van der Waals surface area contributed by atoms with Crippen molar-refractivity contribution in [3.8, 4) is 10.4 Å². The largest absolute Gasteiger partial charge is 0.465 e. The smallest absolute Gasteiger partial charge is 0.340 e. The molecule has 0 aliphatic rings. The maximum atomic E-state index is 12.2. The molecule has 0 radical (unpaired) electrons. The Balaban J connectivity index is 1.79. The summed E-state index contributed by atoms with van der Waals surface area (Å²) >= 11 is 6.90. The Kier molecular flexibility index (Phi) is 6.16. The molecule has 0 aliphatic heterocycles. The number of carbonyl (C=O) groups is 1. The number of thiophene rings is 1. The highest BCUT2D eigenvalue weighted by molar-refractivity contribution is 7.80. The van der Waals surface area contributed by atoms with Crippen molar-refractivity contribution in [3.05, 3.63) is 72.1 Å². The van der Waals surface area contributed by atoms with Gasteiger partial charge in [-0.3, -0.25) is 4.98 Å². The molecule has 5 nitrogen and oxygen atoms in total. The molecule has 3 rings (SSSR count). The Bertz CT molecular complexity index is 927. The highest BCUT2D eigenvalue weighted by Gasteiger charge is 2.19. The first-order chi connectivity index (χ1) is 13.1. The molecule has 0 saturated heterocycles. The zero-order chi connectivity index (χ0) is 19.2. The molecule has 1 atom stereocenters. The molecule has 3 aromatic rings. The van der Waals surface area contributed by atoms with Crippen LogP contribution in [0.4, 0.5) is 5.00 Å². The molecule has 1 aromatic carbocycles. The van der Waals surface area contributed by atoms with Gasteiger partial charge in [0.2, 0.25) is 0 Å². The second-order valence-corrected chi connectivity index (χ2v) is 7.27. The van der Waals surface area contributed by atoms with Crippen LogP contribution in [0.5, 0.6) is 0 Å². The van der Waals surface area contributed by atoms with Gasteiger partial charge >= 0.3 is 5.97 Å². The molecule has 27 heavy (non-hydrogen) atoms. The Labute approximate surface area is 167 Å². The van der Waals surface area contributed by atoms with Crippen LogP contribution in [-0.4, -0.2) is 23.2 Å². The second kappa shape index (κ2) is 8.75. The molecule has 138 valence electrons. The number of thiocarbonyl (C=S) groups is 1. The van der Waals surface area contributed by atoms with Crippen LogP contribution in [0.15, 0.2) is 60.9 Å². The monoisotopic (exact) mass is 397 g/mol. The van der Waals surface area contributed by atoms with E-state index in [2.05, 4.69) is 15.6 Å².